The van der Waals surface area contributed by atoms with Gasteiger partial charge in [-0.2, -0.15) is 0 Å². The molecule has 0 saturated carbocycles. The fourth-order valence-corrected chi connectivity index (χ4v) is 4.18. The maximum atomic E-state index is 12.9. The zero-order valence-electron chi connectivity index (χ0n) is 20.1. The molecule has 0 aromatic heterocycles. The molecule has 8 heteroatoms. The molecule has 4 rings (SSSR count). The van der Waals surface area contributed by atoms with Crippen LogP contribution in [-0.2, 0) is 14.4 Å². The average molecular weight is 486 g/mol. The van der Waals surface area contributed by atoms with Crippen LogP contribution >= 0.6 is 0 Å². The lowest BCUT2D eigenvalue weighted by molar-refractivity contribution is -0.132. The molecule has 0 radical (unpaired) electrons. The van der Waals surface area contributed by atoms with Crippen molar-refractivity contribution in [1.29, 1.82) is 0 Å². The van der Waals surface area contributed by atoms with Crippen molar-refractivity contribution in [1.82, 2.24) is 4.90 Å². The number of rotatable bonds is 7. The van der Waals surface area contributed by atoms with Crippen molar-refractivity contribution >= 4 is 35.1 Å². The maximum Gasteiger partial charge on any atom is 0.308 e. The maximum absolute atomic E-state index is 12.9. The molecule has 2 atom stereocenters. The summed E-state index contributed by atoms with van der Waals surface area (Å²) in [7, 11) is 0. The predicted molar refractivity (Wildman–Crippen MR) is 135 cm³/mol. The second-order valence-electron chi connectivity index (χ2n) is 8.68. The molecule has 184 valence electrons. The number of anilines is 2. The molecular formula is C28H27N3O5. The van der Waals surface area contributed by atoms with Gasteiger partial charge in [0.25, 0.3) is 5.91 Å². The summed E-state index contributed by atoms with van der Waals surface area (Å²) in [6.45, 7) is 3.59. The van der Waals surface area contributed by atoms with Gasteiger partial charge >= 0.3 is 5.97 Å². The van der Waals surface area contributed by atoms with Gasteiger partial charge in [-0.05, 0) is 48.9 Å². The Kier molecular flexibility index (Phi) is 7.44. The Morgan fingerprint density at radius 2 is 1.61 bits per heavy atom. The number of hydrogen-bond donors (Lipinski definition) is 2. The third-order valence-corrected chi connectivity index (χ3v) is 6.02. The monoisotopic (exact) mass is 485 g/mol. The van der Waals surface area contributed by atoms with Crippen LogP contribution in [0.2, 0.25) is 0 Å². The first kappa shape index (κ1) is 24.7. The van der Waals surface area contributed by atoms with Gasteiger partial charge in [0, 0.05) is 36.8 Å². The van der Waals surface area contributed by atoms with Crippen molar-refractivity contribution in [2.24, 2.45) is 5.92 Å². The molecule has 1 saturated heterocycles. The number of carbonyl (C=O) groups excluding carboxylic acids is 4. The molecule has 3 aromatic carbocycles. The van der Waals surface area contributed by atoms with Crippen LogP contribution in [0.5, 0.6) is 5.75 Å². The summed E-state index contributed by atoms with van der Waals surface area (Å²) in [5, 5.41) is 5.64. The highest BCUT2D eigenvalue weighted by atomic mass is 16.5. The van der Waals surface area contributed by atoms with Crippen LogP contribution in [0.15, 0.2) is 78.9 Å². The van der Waals surface area contributed by atoms with E-state index in [0.29, 0.717) is 23.5 Å². The number of nitrogens with one attached hydrogen (secondary N) is 2. The minimum absolute atomic E-state index is 0.0523. The Bertz CT molecular complexity index is 1290. The standard InChI is InChI=1S/C28H27N3O5/c1-18(20-8-4-3-5-9-20)31-17-22(15-26(31)33)28(35)30-24-12-7-11-23(16-24)29-27(34)21-10-6-13-25(14-21)36-19(2)32/h3-14,16,18,22H,15,17H2,1-2H3,(H,29,34)(H,30,35). The fraction of sp³-hybridized carbons (Fsp3) is 0.214. The first-order chi connectivity index (χ1) is 17.3. The third-order valence-electron chi connectivity index (χ3n) is 6.02. The van der Waals surface area contributed by atoms with E-state index in [9.17, 15) is 19.2 Å². The molecule has 0 aliphatic carbocycles. The Morgan fingerprint density at radius 3 is 2.33 bits per heavy atom. The van der Waals surface area contributed by atoms with Crippen molar-refractivity contribution in [3.05, 3.63) is 90.0 Å². The zero-order valence-corrected chi connectivity index (χ0v) is 20.1. The van der Waals surface area contributed by atoms with E-state index in [1.165, 1.54) is 13.0 Å². The molecule has 36 heavy (non-hydrogen) atoms. The number of likely N-dealkylation sites (tertiary alicyclic amines) is 1. The van der Waals surface area contributed by atoms with E-state index in [0.717, 1.165) is 5.56 Å². The predicted octanol–water partition coefficient (Wildman–Crippen LogP) is 4.41. The number of nitrogens with zero attached hydrogens (tertiary/aromatic N) is 1. The van der Waals surface area contributed by atoms with Gasteiger partial charge in [-0.15, -0.1) is 0 Å². The summed E-state index contributed by atoms with van der Waals surface area (Å²) in [6.07, 6.45) is 0.151. The fourth-order valence-electron chi connectivity index (χ4n) is 4.18. The third kappa shape index (κ3) is 5.96. The summed E-state index contributed by atoms with van der Waals surface area (Å²) in [4.78, 5) is 51.1. The number of benzene rings is 3. The van der Waals surface area contributed by atoms with Crippen molar-refractivity contribution < 1.29 is 23.9 Å². The van der Waals surface area contributed by atoms with E-state index in [2.05, 4.69) is 10.6 Å². The van der Waals surface area contributed by atoms with E-state index < -0.39 is 11.9 Å². The second-order valence-corrected chi connectivity index (χ2v) is 8.68. The zero-order chi connectivity index (χ0) is 25.7. The van der Waals surface area contributed by atoms with Crippen LogP contribution in [-0.4, -0.2) is 35.1 Å². The van der Waals surface area contributed by atoms with Gasteiger partial charge in [0.1, 0.15) is 5.75 Å². The molecule has 3 amide bonds. The first-order valence-electron chi connectivity index (χ1n) is 11.7. The van der Waals surface area contributed by atoms with Crippen LogP contribution < -0.4 is 15.4 Å². The van der Waals surface area contributed by atoms with Crippen molar-refractivity contribution in [2.45, 2.75) is 26.3 Å². The summed E-state index contributed by atoms with van der Waals surface area (Å²) in [5.41, 5.74) is 2.33. The highest BCUT2D eigenvalue weighted by Gasteiger charge is 2.37. The van der Waals surface area contributed by atoms with Gasteiger partial charge in [0.2, 0.25) is 11.8 Å². The van der Waals surface area contributed by atoms with E-state index in [4.69, 9.17) is 4.74 Å². The lowest BCUT2D eigenvalue weighted by atomic mass is 10.1. The highest BCUT2D eigenvalue weighted by Crippen LogP contribution is 2.29. The SMILES string of the molecule is CC(=O)Oc1cccc(C(=O)Nc2cccc(NC(=O)C3CC(=O)N(C(C)c4ccccc4)C3)c2)c1. The summed E-state index contributed by atoms with van der Waals surface area (Å²) >= 11 is 0. The van der Waals surface area contributed by atoms with E-state index in [1.807, 2.05) is 37.3 Å². The smallest absolute Gasteiger partial charge is 0.308 e. The number of esters is 1. The Balaban J connectivity index is 1.38. The van der Waals surface area contributed by atoms with Crippen molar-refractivity contribution in [2.75, 3.05) is 17.2 Å². The molecule has 0 bridgehead atoms. The minimum Gasteiger partial charge on any atom is -0.427 e. The van der Waals surface area contributed by atoms with E-state index in [-0.39, 0.29) is 35.9 Å². The molecule has 1 aliphatic heterocycles. The lowest BCUT2D eigenvalue weighted by Gasteiger charge is -2.25. The number of amides is 3. The molecule has 1 fully saturated rings. The Labute approximate surface area is 209 Å². The topological polar surface area (TPSA) is 105 Å². The summed E-state index contributed by atoms with van der Waals surface area (Å²) < 4.78 is 5.03. The molecule has 1 heterocycles. The molecule has 2 unspecified atom stereocenters. The van der Waals surface area contributed by atoms with Crippen LogP contribution in [0.4, 0.5) is 11.4 Å². The highest BCUT2D eigenvalue weighted by molar-refractivity contribution is 6.05. The first-order valence-corrected chi connectivity index (χ1v) is 11.7. The van der Waals surface area contributed by atoms with Gasteiger partial charge in [-0.1, -0.05) is 42.5 Å². The largest absolute Gasteiger partial charge is 0.427 e. The normalized spacial score (nSPS) is 15.8. The molecular weight excluding hydrogens is 458 g/mol. The molecule has 3 aromatic rings. The average Bonchev–Trinajstić information content (AvgIpc) is 3.26. The summed E-state index contributed by atoms with van der Waals surface area (Å²) in [6, 6.07) is 22.7. The van der Waals surface area contributed by atoms with Gasteiger partial charge in [-0.3, -0.25) is 19.2 Å². The van der Waals surface area contributed by atoms with Crippen molar-refractivity contribution in [3.63, 3.8) is 0 Å². The van der Waals surface area contributed by atoms with Crippen LogP contribution in [0.25, 0.3) is 0 Å². The number of hydrogen-bond acceptors (Lipinski definition) is 5. The Hall–Kier alpha value is -4.46. The van der Waals surface area contributed by atoms with Crippen LogP contribution in [0.1, 0.15) is 42.2 Å². The van der Waals surface area contributed by atoms with E-state index >= 15 is 0 Å². The van der Waals surface area contributed by atoms with E-state index in [1.54, 1.807) is 47.4 Å². The molecule has 2 N–H and O–H groups in total. The molecule has 8 nitrogen and oxygen atoms in total. The van der Waals surface area contributed by atoms with Gasteiger partial charge in [0.15, 0.2) is 0 Å². The number of carbonyl (C=O) groups is 4. The Morgan fingerprint density at radius 1 is 0.917 bits per heavy atom. The van der Waals surface area contributed by atoms with Gasteiger partial charge < -0.3 is 20.3 Å². The second kappa shape index (κ2) is 10.9. The quantitative estimate of drug-likeness (QED) is 0.381. The van der Waals surface area contributed by atoms with Gasteiger partial charge in [0.05, 0.1) is 12.0 Å². The van der Waals surface area contributed by atoms with Crippen LogP contribution in [0, 0.1) is 5.92 Å². The van der Waals surface area contributed by atoms with Crippen molar-refractivity contribution in [3.8, 4) is 5.75 Å². The number of ether oxygens (including phenoxy) is 1. The summed E-state index contributed by atoms with van der Waals surface area (Å²) in [5.74, 6) is -1.35. The lowest BCUT2D eigenvalue weighted by Crippen LogP contribution is -2.30. The van der Waals surface area contributed by atoms with Crippen LogP contribution in [0.3, 0.4) is 0 Å². The van der Waals surface area contributed by atoms with Gasteiger partial charge in [-0.25, -0.2) is 0 Å². The molecule has 0 spiro atoms. The molecule has 1 aliphatic rings. The minimum atomic E-state index is -0.474.